The van der Waals surface area contributed by atoms with Crippen LogP contribution >= 0.6 is 0 Å². The molecule has 0 aliphatic carbocycles. The van der Waals surface area contributed by atoms with Gasteiger partial charge in [0.1, 0.15) is 0 Å². The zero-order valence-corrected chi connectivity index (χ0v) is 14.2. The Morgan fingerprint density at radius 1 is 1.18 bits per heavy atom. The van der Waals surface area contributed by atoms with Crippen LogP contribution in [0.25, 0.3) is 0 Å². The summed E-state index contributed by atoms with van der Waals surface area (Å²) >= 11 is 0. The molecule has 0 saturated heterocycles. The first-order valence-electron chi connectivity index (χ1n) is 7.76. The summed E-state index contributed by atoms with van der Waals surface area (Å²) in [4.78, 5) is 15.2. The van der Waals surface area contributed by atoms with Crippen LogP contribution in [0.1, 0.15) is 33.3 Å². The molecule has 1 unspecified atom stereocenters. The van der Waals surface area contributed by atoms with Gasteiger partial charge in [-0.2, -0.15) is 0 Å². The molecule has 1 aromatic carbocycles. The van der Waals surface area contributed by atoms with Gasteiger partial charge in [0.05, 0.1) is 0 Å². The second-order valence-corrected chi connectivity index (χ2v) is 5.80. The first-order valence-corrected chi connectivity index (χ1v) is 7.76. The molecule has 0 spiro atoms. The van der Waals surface area contributed by atoms with Gasteiger partial charge in [-0.1, -0.05) is 26.0 Å². The van der Waals surface area contributed by atoms with Gasteiger partial charge in [-0.15, -0.1) is 0 Å². The number of hydrogen-bond acceptors (Lipinski definition) is 2. The summed E-state index contributed by atoms with van der Waals surface area (Å²) in [6, 6.07) is 8.28. The van der Waals surface area contributed by atoms with Gasteiger partial charge in [0.15, 0.2) is 5.96 Å². The van der Waals surface area contributed by atoms with Crippen molar-refractivity contribution in [2.24, 2.45) is 10.9 Å². The molecule has 0 bridgehead atoms. The lowest BCUT2D eigenvalue weighted by Gasteiger charge is -2.20. The van der Waals surface area contributed by atoms with Crippen molar-refractivity contribution >= 4 is 17.6 Å². The monoisotopic (exact) mass is 304 g/mol. The summed E-state index contributed by atoms with van der Waals surface area (Å²) in [6.07, 6.45) is 0.900. The number of aliphatic imine (C=N–C) groups is 1. The van der Waals surface area contributed by atoms with Crippen LogP contribution in [0.15, 0.2) is 29.3 Å². The van der Waals surface area contributed by atoms with E-state index in [2.05, 4.69) is 41.7 Å². The first-order chi connectivity index (χ1) is 10.4. The zero-order valence-electron chi connectivity index (χ0n) is 14.2. The number of hydrogen-bond donors (Lipinski definition) is 3. The minimum absolute atomic E-state index is 0.0523. The van der Waals surface area contributed by atoms with Crippen molar-refractivity contribution in [3.63, 3.8) is 0 Å². The third-order valence-corrected chi connectivity index (χ3v) is 3.57. The van der Waals surface area contributed by atoms with E-state index in [0.717, 1.165) is 24.6 Å². The lowest BCUT2D eigenvalue weighted by atomic mass is 10.1. The van der Waals surface area contributed by atoms with Gasteiger partial charge in [-0.25, -0.2) is 0 Å². The first kappa shape index (κ1) is 18.0. The SMILES string of the molecule is CN=C(NCCc1ccc(NC(C)=O)cc1)NC(C)C(C)C. The van der Waals surface area contributed by atoms with Crippen molar-refractivity contribution in [3.8, 4) is 0 Å². The summed E-state index contributed by atoms with van der Waals surface area (Å²) < 4.78 is 0. The summed E-state index contributed by atoms with van der Waals surface area (Å²) in [6.45, 7) is 8.83. The molecular weight excluding hydrogens is 276 g/mol. The van der Waals surface area contributed by atoms with E-state index in [9.17, 15) is 4.79 Å². The van der Waals surface area contributed by atoms with Crippen molar-refractivity contribution in [1.29, 1.82) is 0 Å². The number of guanidine groups is 1. The number of rotatable bonds is 6. The summed E-state index contributed by atoms with van der Waals surface area (Å²) in [5.41, 5.74) is 2.04. The Labute approximate surface area is 133 Å². The minimum Gasteiger partial charge on any atom is -0.356 e. The molecule has 0 aliphatic heterocycles. The van der Waals surface area contributed by atoms with Gasteiger partial charge in [-0.05, 0) is 37.0 Å². The van der Waals surface area contributed by atoms with E-state index >= 15 is 0 Å². The molecule has 0 saturated carbocycles. The largest absolute Gasteiger partial charge is 0.356 e. The van der Waals surface area contributed by atoms with Crippen molar-refractivity contribution in [2.45, 2.75) is 40.2 Å². The number of nitrogens with one attached hydrogen (secondary N) is 3. The Kier molecular flexibility index (Phi) is 7.43. The molecule has 1 rings (SSSR count). The van der Waals surface area contributed by atoms with E-state index in [4.69, 9.17) is 0 Å². The van der Waals surface area contributed by atoms with E-state index in [-0.39, 0.29) is 5.91 Å². The lowest BCUT2D eigenvalue weighted by Crippen LogP contribution is -2.44. The number of anilines is 1. The molecule has 0 fully saturated rings. The van der Waals surface area contributed by atoms with Crippen LogP contribution in [-0.4, -0.2) is 31.5 Å². The van der Waals surface area contributed by atoms with Crippen LogP contribution in [0.5, 0.6) is 0 Å². The van der Waals surface area contributed by atoms with Crippen LogP contribution in [0.4, 0.5) is 5.69 Å². The third kappa shape index (κ3) is 6.61. The number of carbonyl (C=O) groups is 1. The van der Waals surface area contributed by atoms with Crippen molar-refractivity contribution < 1.29 is 4.79 Å². The lowest BCUT2D eigenvalue weighted by molar-refractivity contribution is -0.114. The highest BCUT2D eigenvalue weighted by Gasteiger charge is 2.08. The van der Waals surface area contributed by atoms with Gasteiger partial charge in [-0.3, -0.25) is 9.79 Å². The molecule has 3 N–H and O–H groups in total. The Hall–Kier alpha value is -2.04. The number of carbonyl (C=O) groups excluding carboxylic acids is 1. The van der Waals surface area contributed by atoms with E-state index in [1.807, 2.05) is 24.3 Å². The molecule has 0 aliphatic rings. The Balaban J connectivity index is 2.41. The van der Waals surface area contributed by atoms with E-state index < -0.39 is 0 Å². The van der Waals surface area contributed by atoms with Gasteiger partial charge < -0.3 is 16.0 Å². The normalized spacial score (nSPS) is 12.9. The molecule has 5 heteroatoms. The van der Waals surface area contributed by atoms with E-state index in [1.165, 1.54) is 12.5 Å². The molecule has 5 nitrogen and oxygen atoms in total. The van der Waals surface area contributed by atoms with Crippen molar-refractivity contribution in [3.05, 3.63) is 29.8 Å². The van der Waals surface area contributed by atoms with Crippen LogP contribution in [0.3, 0.4) is 0 Å². The average Bonchev–Trinajstić information content (AvgIpc) is 2.47. The number of benzene rings is 1. The van der Waals surface area contributed by atoms with Gasteiger partial charge in [0, 0.05) is 32.2 Å². The molecule has 1 amide bonds. The summed E-state index contributed by atoms with van der Waals surface area (Å²) in [7, 11) is 1.78. The van der Waals surface area contributed by atoms with Crippen molar-refractivity contribution in [2.75, 3.05) is 18.9 Å². The van der Waals surface area contributed by atoms with Gasteiger partial charge in [0.2, 0.25) is 5.91 Å². The number of amides is 1. The maximum Gasteiger partial charge on any atom is 0.221 e. The Morgan fingerprint density at radius 3 is 2.32 bits per heavy atom. The smallest absolute Gasteiger partial charge is 0.221 e. The highest BCUT2D eigenvalue weighted by Crippen LogP contribution is 2.09. The van der Waals surface area contributed by atoms with Crippen LogP contribution in [0.2, 0.25) is 0 Å². The average molecular weight is 304 g/mol. The molecule has 22 heavy (non-hydrogen) atoms. The molecular formula is C17H28N4O. The Morgan fingerprint density at radius 2 is 1.82 bits per heavy atom. The fraction of sp³-hybridized carbons (Fsp3) is 0.529. The Bertz CT molecular complexity index is 494. The number of nitrogens with zero attached hydrogens (tertiary/aromatic N) is 1. The zero-order chi connectivity index (χ0) is 16.5. The molecule has 122 valence electrons. The predicted molar refractivity (Wildman–Crippen MR) is 93.2 cm³/mol. The summed E-state index contributed by atoms with van der Waals surface area (Å²) in [5, 5.41) is 9.46. The minimum atomic E-state index is -0.0523. The van der Waals surface area contributed by atoms with Crippen LogP contribution in [-0.2, 0) is 11.2 Å². The standard InChI is InChI=1S/C17H28N4O/c1-12(2)13(3)20-17(18-5)19-11-10-15-6-8-16(9-7-15)21-14(4)22/h6-9,12-13H,10-11H2,1-5H3,(H,21,22)(H2,18,19,20). The van der Waals surface area contributed by atoms with E-state index in [1.54, 1.807) is 7.05 Å². The van der Waals surface area contributed by atoms with Gasteiger partial charge >= 0.3 is 0 Å². The second-order valence-electron chi connectivity index (χ2n) is 5.80. The molecule has 1 aromatic rings. The highest BCUT2D eigenvalue weighted by molar-refractivity contribution is 5.88. The predicted octanol–water partition coefficient (Wildman–Crippen LogP) is 2.40. The second kappa shape index (κ2) is 9.07. The topological polar surface area (TPSA) is 65.5 Å². The molecule has 0 radical (unpaired) electrons. The summed E-state index contributed by atoms with van der Waals surface area (Å²) in [5.74, 6) is 1.33. The van der Waals surface area contributed by atoms with Crippen molar-refractivity contribution in [1.82, 2.24) is 10.6 Å². The maximum absolute atomic E-state index is 11.0. The van der Waals surface area contributed by atoms with E-state index in [0.29, 0.717) is 12.0 Å². The van der Waals surface area contributed by atoms with Gasteiger partial charge in [0.25, 0.3) is 0 Å². The van der Waals surface area contributed by atoms with Crippen LogP contribution in [0, 0.1) is 5.92 Å². The fourth-order valence-corrected chi connectivity index (χ4v) is 1.86. The maximum atomic E-state index is 11.0. The third-order valence-electron chi connectivity index (χ3n) is 3.57. The molecule has 0 aromatic heterocycles. The molecule has 0 heterocycles. The molecule has 1 atom stereocenters. The van der Waals surface area contributed by atoms with Crippen LogP contribution < -0.4 is 16.0 Å². The quantitative estimate of drug-likeness (QED) is 0.558. The fourth-order valence-electron chi connectivity index (χ4n) is 1.86. The highest BCUT2D eigenvalue weighted by atomic mass is 16.1.